The van der Waals surface area contributed by atoms with Crippen molar-refractivity contribution in [2.75, 3.05) is 25.0 Å². The molecule has 0 fully saturated rings. The minimum absolute atomic E-state index is 0.0800. The molecule has 42 heavy (non-hydrogen) atoms. The van der Waals surface area contributed by atoms with Crippen molar-refractivity contribution in [3.63, 3.8) is 0 Å². The highest BCUT2D eigenvalue weighted by molar-refractivity contribution is 7.18. The zero-order chi connectivity index (χ0) is 30.4. The van der Waals surface area contributed by atoms with Crippen LogP contribution in [0.15, 0.2) is 59.6 Å². The lowest BCUT2D eigenvalue weighted by Gasteiger charge is -2.17. The first-order chi connectivity index (χ1) is 19.9. The van der Waals surface area contributed by atoms with Crippen LogP contribution in [0.1, 0.15) is 42.4 Å². The van der Waals surface area contributed by atoms with Crippen LogP contribution in [-0.4, -0.2) is 65.4 Å². The number of carboxylic acids is 1. The molecule has 0 spiro atoms. The normalized spacial score (nSPS) is 14.3. The molecule has 2 aromatic carbocycles. The zero-order valence-corrected chi connectivity index (χ0v) is 23.1. The topological polar surface area (TPSA) is 137 Å². The minimum atomic E-state index is -5.08. The number of amidine groups is 1. The Bertz CT molecular complexity index is 1560. The molecule has 1 aromatic heterocycles. The van der Waals surface area contributed by atoms with Crippen molar-refractivity contribution < 1.29 is 42.2 Å². The van der Waals surface area contributed by atoms with Crippen LogP contribution < -0.4 is 15.4 Å². The number of imide groups is 1. The van der Waals surface area contributed by atoms with Crippen molar-refractivity contribution in [2.24, 2.45) is 4.99 Å². The van der Waals surface area contributed by atoms with E-state index in [-0.39, 0.29) is 23.4 Å². The van der Waals surface area contributed by atoms with Gasteiger partial charge in [-0.1, -0.05) is 29.8 Å². The first-order valence-corrected chi connectivity index (χ1v) is 13.5. The molecule has 0 radical (unpaired) electrons. The Morgan fingerprint density at radius 1 is 1.12 bits per heavy atom. The number of benzene rings is 2. The molecule has 0 aliphatic carbocycles. The maximum atomic E-state index is 13.3. The van der Waals surface area contributed by atoms with Crippen LogP contribution in [0, 0.1) is 0 Å². The Balaban J connectivity index is 0.000000517. The Labute approximate surface area is 245 Å². The van der Waals surface area contributed by atoms with Gasteiger partial charge in [-0.2, -0.15) is 13.2 Å². The van der Waals surface area contributed by atoms with Gasteiger partial charge in [0.15, 0.2) is 0 Å². The summed E-state index contributed by atoms with van der Waals surface area (Å²) in [6.45, 7) is 2.08. The molecule has 0 unspecified atom stereocenters. The van der Waals surface area contributed by atoms with Crippen molar-refractivity contribution in [3.05, 3.63) is 80.5 Å². The first kappa shape index (κ1) is 30.5. The number of fused-ring (bicyclic) bond motifs is 1. The highest BCUT2D eigenvalue weighted by Crippen LogP contribution is 2.32. The van der Waals surface area contributed by atoms with Crippen molar-refractivity contribution in [1.29, 1.82) is 0 Å². The van der Waals surface area contributed by atoms with Crippen molar-refractivity contribution in [1.82, 2.24) is 10.2 Å². The molecule has 3 heterocycles. The van der Waals surface area contributed by atoms with Crippen LogP contribution in [0.3, 0.4) is 0 Å². The highest BCUT2D eigenvalue weighted by atomic mass is 35.5. The van der Waals surface area contributed by atoms with Crippen LogP contribution in [0.4, 0.5) is 18.9 Å². The number of carboxylic acid groups (broad SMARTS) is 1. The number of ether oxygens (including phenoxy) is 1. The van der Waals surface area contributed by atoms with Gasteiger partial charge in [-0.05, 0) is 48.4 Å². The molecule has 220 valence electrons. The average molecular weight is 623 g/mol. The summed E-state index contributed by atoms with van der Waals surface area (Å²) in [6, 6.07) is 15.3. The van der Waals surface area contributed by atoms with Gasteiger partial charge in [0.25, 0.3) is 17.7 Å². The molecule has 0 bridgehead atoms. The molecular formula is C27H22ClF3N4O6S. The average Bonchev–Trinajstić information content (AvgIpc) is 3.50. The first-order valence-electron chi connectivity index (χ1n) is 12.3. The lowest BCUT2D eigenvalue weighted by molar-refractivity contribution is -0.192. The third-order valence-corrected chi connectivity index (χ3v) is 7.10. The number of thiophene rings is 1. The second-order valence-electron chi connectivity index (χ2n) is 8.83. The molecule has 0 atom stereocenters. The molecule has 0 saturated heterocycles. The summed E-state index contributed by atoms with van der Waals surface area (Å²) >= 11 is 7.06. The fourth-order valence-corrected chi connectivity index (χ4v) is 4.89. The van der Waals surface area contributed by atoms with Crippen molar-refractivity contribution >= 4 is 58.2 Å². The number of carbonyl (C=O) groups is 4. The number of alkyl halides is 3. The number of carbonyl (C=O) groups excluding carboxylic acids is 3. The van der Waals surface area contributed by atoms with E-state index in [0.29, 0.717) is 21.6 Å². The molecule has 3 aromatic rings. The third-order valence-electron chi connectivity index (χ3n) is 5.87. The van der Waals surface area contributed by atoms with E-state index in [1.165, 1.54) is 4.90 Å². The fraction of sp³-hybridized carbons (Fsp3) is 0.222. The number of hydrogen-bond acceptors (Lipinski definition) is 8. The number of hydrogen-bond donors (Lipinski definition) is 3. The molecule has 3 N–H and O–H groups in total. The number of rotatable bonds is 7. The molecule has 15 heteroatoms. The van der Waals surface area contributed by atoms with Gasteiger partial charge in [-0.15, -0.1) is 11.3 Å². The van der Waals surface area contributed by atoms with Gasteiger partial charge < -0.3 is 20.5 Å². The zero-order valence-electron chi connectivity index (χ0n) is 21.5. The van der Waals surface area contributed by atoms with Gasteiger partial charge in [0.2, 0.25) is 0 Å². The summed E-state index contributed by atoms with van der Waals surface area (Å²) in [5.41, 5.74) is 1.47. The summed E-state index contributed by atoms with van der Waals surface area (Å²) in [6.07, 6.45) is -4.08. The monoisotopic (exact) mass is 622 g/mol. The van der Waals surface area contributed by atoms with E-state index < -0.39 is 29.9 Å². The standard InChI is InChI=1S/C25H21ClN4O4S.C2HF3O2/c26-20-9-8-19(35-20)23(31)29-18-7-2-6-17-22(18)25(33)30(24(17)32)13-15-4-1-5-16(12-15)34-14-21-27-10-3-11-28-21;3-2(4,5)1(6)7/h1-2,4-9,12H,3,10-11,13-14H2,(H,27,28)(H,29,31);(H,6,7). The Hall–Kier alpha value is -4.43. The fourth-order valence-electron chi connectivity index (χ4n) is 3.95. The van der Waals surface area contributed by atoms with E-state index in [2.05, 4.69) is 15.6 Å². The number of aliphatic carboxylic acids is 1. The summed E-state index contributed by atoms with van der Waals surface area (Å²) in [5, 5.41) is 13.1. The second-order valence-corrected chi connectivity index (χ2v) is 10.5. The molecule has 5 rings (SSSR count). The molecular weight excluding hydrogens is 601 g/mol. The molecule has 0 saturated carbocycles. The summed E-state index contributed by atoms with van der Waals surface area (Å²) in [5.74, 6) is -2.59. The highest BCUT2D eigenvalue weighted by Gasteiger charge is 2.39. The minimum Gasteiger partial charge on any atom is -0.486 e. The van der Waals surface area contributed by atoms with E-state index in [4.69, 9.17) is 26.2 Å². The lowest BCUT2D eigenvalue weighted by Crippen LogP contribution is -2.33. The van der Waals surface area contributed by atoms with E-state index >= 15 is 0 Å². The molecule has 3 amide bonds. The number of nitrogens with one attached hydrogen (secondary N) is 2. The van der Waals surface area contributed by atoms with Gasteiger partial charge >= 0.3 is 12.1 Å². The number of aliphatic imine (C=N–C) groups is 1. The SMILES string of the molecule is O=C(Nc1cccc2c1C(=O)N(Cc1cccc(OCC3=NCCCN3)c1)C2=O)c1ccc(Cl)s1.O=C(O)C(F)(F)F. The Kier molecular flexibility index (Phi) is 9.48. The van der Waals surface area contributed by atoms with Gasteiger partial charge in [0.1, 0.15) is 18.2 Å². The maximum absolute atomic E-state index is 13.3. The number of amides is 3. The predicted molar refractivity (Wildman–Crippen MR) is 148 cm³/mol. The van der Waals surface area contributed by atoms with E-state index in [1.54, 1.807) is 36.4 Å². The van der Waals surface area contributed by atoms with Crippen LogP contribution in [0.25, 0.3) is 0 Å². The van der Waals surface area contributed by atoms with E-state index in [9.17, 15) is 27.6 Å². The Morgan fingerprint density at radius 2 is 1.86 bits per heavy atom. The number of nitrogens with zero attached hydrogens (tertiary/aromatic N) is 2. The molecule has 2 aliphatic heterocycles. The Morgan fingerprint density at radius 3 is 2.50 bits per heavy atom. The smallest absolute Gasteiger partial charge is 0.486 e. The summed E-state index contributed by atoms with van der Waals surface area (Å²) in [7, 11) is 0. The van der Waals surface area contributed by atoms with E-state index in [1.807, 2.05) is 18.2 Å². The maximum Gasteiger partial charge on any atom is 0.490 e. The molecule has 2 aliphatic rings. The quantitative estimate of drug-likeness (QED) is 0.320. The lowest BCUT2D eigenvalue weighted by atomic mass is 10.1. The number of anilines is 1. The summed E-state index contributed by atoms with van der Waals surface area (Å²) in [4.78, 5) is 53.8. The van der Waals surface area contributed by atoms with Crippen molar-refractivity contribution in [3.8, 4) is 5.75 Å². The van der Waals surface area contributed by atoms with Crippen LogP contribution in [-0.2, 0) is 11.3 Å². The largest absolute Gasteiger partial charge is 0.490 e. The second kappa shape index (κ2) is 13.0. The van der Waals surface area contributed by atoms with Crippen LogP contribution in [0.5, 0.6) is 5.75 Å². The van der Waals surface area contributed by atoms with Crippen LogP contribution in [0.2, 0.25) is 4.34 Å². The summed E-state index contributed by atoms with van der Waals surface area (Å²) < 4.78 is 38.1. The van der Waals surface area contributed by atoms with Gasteiger partial charge in [-0.3, -0.25) is 24.3 Å². The van der Waals surface area contributed by atoms with Gasteiger partial charge in [-0.25, -0.2) is 4.79 Å². The van der Waals surface area contributed by atoms with Crippen LogP contribution >= 0.6 is 22.9 Å². The van der Waals surface area contributed by atoms with Gasteiger partial charge in [0.05, 0.1) is 32.6 Å². The van der Waals surface area contributed by atoms with Crippen molar-refractivity contribution in [2.45, 2.75) is 19.1 Å². The van der Waals surface area contributed by atoms with E-state index in [0.717, 1.165) is 42.2 Å². The molecule has 10 nitrogen and oxygen atoms in total. The third kappa shape index (κ3) is 7.44. The van der Waals surface area contributed by atoms with Gasteiger partial charge in [0, 0.05) is 13.1 Å². The number of halogens is 4. The predicted octanol–water partition coefficient (Wildman–Crippen LogP) is 4.85.